The van der Waals surface area contributed by atoms with Gasteiger partial charge in [-0.15, -0.1) is 0 Å². The van der Waals surface area contributed by atoms with Crippen LogP contribution >= 0.6 is 0 Å². The van der Waals surface area contributed by atoms with Gasteiger partial charge in [0.2, 0.25) is 0 Å². The Bertz CT molecular complexity index is 452. The van der Waals surface area contributed by atoms with E-state index in [4.69, 9.17) is 0 Å². The van der Waals surface area contributed by atoms with Crippen molar-refractivity contribution in [3.05, 3.63) is 73.8 Å². The molecule has 0 saturated heterocycles. The monoisotopic (exact) mass is 452 g/mol. The van der Waals surface area contributed by atoms with Crippen LogP contribution in [0.3, 0.4) is 0 Å². The molecular formula is C18H24N2W. The standard InChI is InChI=1S/2C9H12N.W/c2*1-8-4-6-9(7-5-8)10(2)3;/h2*4-7H,2H2,1,3H3;/q2*-1;+2. The van der Waals surface area contributed by atoms with Crippen molar-refractivity contribution in [2.75, 3.05) is 23.9 Å². The van der Waals surface area contributed by atoms with Gasteiger partial charge in [-0.2, -0.15) is 0 Å². The van der Waals surface area contributed by atoms with E-state index < -0.39 is 0 Å². The van der Waals surface area contributed by atoms with Crippen molar-refractivity contribution in [2.24, 2.45) is 0 Å². The minimum Gasteiger partial charge on any atom is -0.528 e. The molecule has 0 amide bonds. The first-order valence-electron chi connectivity index (χ1n) is 6.62. The van der Waals surface area contributed by atoms with Gasteiger partial charge in [-0.25, -0.2) is 0 Å². The Morgan fingerprint density at radius 3 is 1.05 bits per heavy atom. The second kappa shape index (κ2) is 9.63. The molecule has 0 radical (unpaired) electrons. The van der Waals surface area contributed by atoms with Crippen LogP contribution in [-0.4, -0.2) is 14.1 Å². The molecule has 0 aliphatic carbocycles. The molecule has 3 heteroatoms. The van der Waals surface area contributed by atoms with Crippen LogP contribution in [0.2, 0.25) is 0 Å². The zero-order valence-corrected chi connectivity index (χ0v) is 16.3. The van der Waals surface area contributed by atoms with Crippen molar-refractivity contribution in [1.29, 1.82) is 0 Å². The largest absolute Gasteiger partial charge is 2.00 e. The molecule has 0 bridgehead atoms. The summed E-state index contributed by atoms with van der Waals surface area (Å²) >= 11 is 0. The van der Waals surface area contributed by atoms with Gasteiger partial charge >= 0.3 is 21.1 Å². The van der Waals surface area contributed by atoms with E-state index in [0.717, 1.165) is 11.4 Å². The molecule has 21 heavy (non-hydrogen) atoms. The molecule has 2 aromatic carbocycles. The maximum atomic E-state index is 3.77. The van der Waals surface area contributed by atoms with Crippen LogP contribution in [0.5, 0.6) is 0 Å². The third kappa shape index (κ3) is 7.34. The van der Waals surface area contributed by atoms with Gasteiger partial charge in [-0.1, -0.05) is 35.4 Å². The van der Waals surface area contributed by atoms with Gasteiger partial charge in [-0.3, -0.25) is 14.1 Å². The Labute approximate surface area is 144 Å². The molecule has 112 valence electrons. The van der Waals surface area contributed by atoms with E-state index in [-0.39, 0.29) is 21.1 Å². The van der Waals surface area contributed by atoms with E-state index in [1.165, 1.54) is 11.1 Å². The SMILES string of the molecule is [CH2-]N(C)c1ccc(C)cc1.[CH2-]N(C)c1ccc(C)cc1.[W+2]. The van der Waals surface area contributed by atoms with E-state index in [2.05, 4.69) is 76.5 Å². The van der Waals surface area contributed by atoms with Crippen LogP contribution < -0.4 is 9.80 Å². The zero-order valence-electron chi connectivity index (χ0n) is 13.3. The Morgan fingerprint density at radius 1 is 0.619 bits per heavy atom. The Morgan fingerprint density at radius 2 is 0.857 bits per heavy atom. The molecule has 2 aromatic rings. The van der Waals surface area contributed by atoms with E-state index in [9.17, 15) is 0 Å². The van der Waals surface area contributed by atoms with Gasteiger partial charge in [0.15, 0.2) is 0 Å². The molecule has 0 saturated carbocycles. The molecule has 2 nitrogen and oxygen atoms in total. The Kier molecular flexibility index (Phi) is 9.04. The summed E-state index contributed by atoms with van der Waals surface area (Å²) in [5.74, 6) is 0. The summed E-state index contributed by atoms with van der Waals surface area (Å²) < 4.78 is 0. The van der Waals surface area contributed by atoms with Gasteiger partial charge in [0.25, 0.3) is 0 Å². The van der Waals surface area contributed by atoms with E-state index >= 15 is 0 Å². The first-order valence-corrected chi connectivity index (χ1v) is 6.62. The molecule has 0 N–H and O–H groups in total. The summed E-state index contributed by atoms with van der Waals surface area (Å²) in [6.45, 7) is 4.15. The van der Waals surface area contributed by atoms with E-state index in [1.54, 1.807) is 0 Å². The first-order chi connectivity index (χ1) is 9.40. The van der Waals surface area contributed by atoms with Gasteiger partial charge in [0.1, 0.15) is 0 Å². The van der Waals surface area contributed by atoms with Crippen LogP contribution in [0, 0.1) is 27.9 Å². The van der Waals surface area contributed by atoms with Crippen molar-refractivity contribution in [1.82, 2.24) is 0 Å². The van der Waals surface area contributed by atoms with Crippen LogP contribution in [0.4, 0.5) is 11.4 Å². The average molecular weight is 452 g/mol. The third-order valence-electron chi connectivity index (χ3n) is 2.95. The Hall–Kier alpha value is -1.27. The van der Waals surface area contributed by atoms with Crippen molar-refractivity contribution < 1.29 is 21.1 Å². The van der Waals surface area contributed by atoms with Gasteiger partial charge in [0, 0.05) is 11.4 Å². The quantitative estimate of drug-likeness (QED) is 0.622. The second-order valence-electron chi connectivity index (χ2n) is 5.07. The van der Waals surface area contributed by atoms with Gasteiger partial charge in [0.05, 0.1) is 0 Å². The molecular weight excluding hydrogens is 428 g/mol. The molecule has 0 aliphatic rings. The van der Waals surface area contributed by atoms with Crippen molar-refractivity contribution >= 4 is 11.4 Å². The zero-order chi connectivity index (χ0) is 15.1. The number of benzene rings is 2. The molecule has 2 rings (SSSR count). The van der Waals surface area contributed by atoms with Gasteiger partial charge < -0.3 is 9.80 Å². The number of rotatable bonds is 2. The van der Waals surface area contributed by atoms with Crippen LogP contribution in [0.25, 0.3) is 0 Å². The topological polar surface area (TPSA) is 6.48 Å². The number of hydrogen-bond donors (Lipinski definition) is 0. The molecule has 0 fully saturated rings. The van der Waals surface area contributed by atoms with Crippen molar-refractivity contribution in [3.8, 4) is 0 Å². The summed E-state index contributed by atoms with van der Waals surface area (Å²) in [6.07, 6.45) is 0. The average Bonchev–Trinajstić information content (AvgIpc) is 2.40. The van der Waals surface area contributed by atoms with Crippen LogP contribution in [0.1, 0.15) is 11.1 Å². The fourth-order valence-electron chi connectivity index (χ4n) is 1.60. The van der Waals surface area contributed by atoms with Crippen molar-refractivity contribution in [2.45, 2.75) is 13.8 Å². The van der Waals surface area contributed by atoms with Crippen LogP contribution in [-0.2, 0) is 21.1 Å². The summed E-state index contributed by atoms with van der Waals surface area (Å²) in [6, 6.07) is 16.6. The molecule has 0 aliphatic heterocycles. The molecule has 0 spiro atoms. The van der Waals surface area contributed by atoms with E-state index in [0.29, 0.717) is 0 Å². The maximum absolute atomic E-state index is 3.77. The van der Waals surface area contributed by atoms with E-state index in [1.807, 2.05) is 23.9 Å². The molecule has 0 atom stereocenters. The summed E-state index contributed by atoms with van der Waals surface area (Å²) in [4.78, 5) is 3.69. The predicted molar refractivity (Wildman–Crippen MR) is 89.9 cm³/mol. The first kappa shape index (κ1) is 19.7. The fourth-order valence-corrected chi connectivity index (χ4v) is 1.60. The maximum Gasteiger partial charge on any atom is 2.00 e. The molecule has 0 unspecified atom stereocenters. The Balaban J connectivity index is 0.000000364. The predicted octanol–water partition coefficient (Wildman–Crippen LogP) is 4.44. The second-order valence-corrected chi connectivity index (χ2v) is 5.07. The smallest absolute Gasteiger partial charge is 0.528 e. The van der Waals surface area contributed by atoms with Gasteiger partial charge in [-0.05, 0) is 52.2 Å². The minimum atomic E-state index is 0. The van der Waals surface area contributed by atoms with Crippen molar-refractivity contribution in [3.63, 3.8) is 0 Å². The number of nitrogens with zero attached hydrogens (tertiary/aromatic N) is 2. The number of aryl methyl sites for hydroxylation is 2. The number of hydrogen-bond acceptors (Lipinski definition) is 2. The molecule has 0 heterocycles. The number of anilines is 2. The minimum absolute atomic E-state index is 0. The third-order valence-corrected chi connectivity index (χ3v) is 2.95. The summed E-state index contributed by atoms with van der Waals surface area (Å²) in [5, 5.41) is 0. The fraction of sp³-hybridized carbons (Fsp3) is 0.222. The normalized spacial score (nSPS) is 9.05. The molecule has 0 aromatic heterocycles. The summed E-state index contributed by atoms with van der Waals surface area (Å²) in [7, 11) is 11.4. The summed E-state index contributed by atoms with van der Waals surface area (Å²) in [5.41, 5.74) is 4.85. The van der Waals surface area contributed by atoms with Crippen LogP contribution in [0.15, 0.2) is 48.5 Å².